The maximum absolute atomic E-state index is 14.2. The molecule has 0 atom stereocenters. The summed E-state index contributed by atoms with van der Waals surface area (Å²) in [4.78, 5) is 14.7. The summed E-state index contributed by atoms with van der Waals surface area (Å²) in [5.74, 6) is 0.775. The monoisotopic (exact) mass is 364 g/mol. The second-order valence-electron chi connectivity index (χ2n) is 7.17. The summed E-state index contributed by atoms with van der Waals surface area (Å²) in [6.45, 7) is 5.18. The predicted molar refractivity (Wildman–Crippen MR) is 101 cm³/mol. The Morgan fingerprint density at radius 2 is 1.89 bits per heavy atom. The third kappa shape index (κ3) is 3.25. The van der Waals surface area contributed by atoms with Crippen molar-refractivity contribution in [2.24, 2.45) is 0 Å². The molecule has 2 aromatic carbocycles. The van der Waals surface area contributed by atoms with Crippen LogP contribution in [0, 0.1) is 5.82 Å². The van der Waals surface area contributed by atoms with Crippen molar-refractivity contribution in [1.29, 1.82) is 0 Å². The number of carbonyl (C=O) groups is 1. The lowest BCUT2D eigenvalue weighted by atomic mass is 9.99. The molecule has 0 radical (unpaired) electrons. The smallest absolute Gasteiger partial charge is 0.254 e. The summed E-state index contributed by atoms with van der Waals surface area (Å²) >= 11 is 0. The molecular weight excluding hydrogens is 343 g/mol. The zero-order chi connectivity index (χ0) is 19.0. The van der Waals surface area contributed by atoms with Crippen LogP contribution in [0.25, 0.3) is 11.3 Å². The van der Waals surface area contributed by atoms with Gasteiger partial charge in [-0.15, -0.1) is 0 Å². The lowest BCUT2D eigenvalue weighted by Gasteiger charge is -2.26. The van der Waals surface area contributed by atoms with Crippen molar-refractivity contribution in [3.05, 3.63) is 76.8 Å². The number of hydrogen-bond donors (Lipinski definition) is 0. The third-order valence-electron chi connectivity index (χ3n) is 5.07. The molecular formula is C22H21FN2O2. The van der Waals surface area contributed by atoms with E-state index in [1.165, 1.54) is 11.6 Å². The maximum atomic E-state index is 14.2. The van der Waals surface area contributed by atoms with Crippen molar-refractivity contribution in [3.8, 4) is 11.3 Å². The van der Waals surface area contributed by atoms with Crippen LogP contribution >= 0.6 is 0 Å². The highest BCUT2D eigenvalue weighted by Crippen LogP contribution is 2.32. The molecule has 4 rings (SSSR count). The van der Waals surface area contributed by atoms with E-state index < -0.39 is 0 Å². The average Bonchev–Trinajstić information content (AvgIpc) is 3.11. The lowest BCUT2D eigenvalue weighted by Crippen LogP contribution is -2.35. The number of benzene rings is 2. The number of fused-ring (bicyclic) bond motifs is 1. The average molecular weight is 364 g/mol. The summed E-state index contributed by atoms with van der Waals surface area (Å²) in [5.41, 5.74) is 3.53. The normalized spacial score (nSPS) is 13.7. The first-order valence-corrected chi connectivity index (χ1v) is 9.16. The van der Waals surface area contributed by atoms with Gasteiger partial charge in [0.1, 0.15) is 17.3 Å². The van der Waals surface area contributed by atoms with Gasteiger partial charge in [-0.1, -0.05) is 43.3 Å². The first kappa shape index (κ1) is 17.5. The van der Waals surface area contributed by atoms with Crippen LogP contribution in [0.3, 0.4) is 0 Å². The molecule has 0 N–H and O–H groups in total. The number of amides is 1. The van der Waals surface area contributed by atoms with E-state index >= 15 is 0 Å². The molecule has 2 heterocycles. The van der Waals surface area contributed by atoms with Gasteiger partial charge in [0.15, 0.2) is 0 Å². The molecule has 138 valence electrons. The Hall–Kier alpha value is -2.95. The molecule has 3 aromatic rings. The Labute approximate surface area is 157 Å². The van der Waals surface area contributed by atoms with Gasteiger partial charge < -0.3 is 9.42 Å². The van der Waals surface area contributed by atoms with Crippen LogP contribution in [-0.2, 0) is 13.0 Å². The van der Waals surface area contributed by atoms with Crippen molar-refractivity contribution in [3.63, 3.8) is 0 Å². The van der Waals surface area contributed by atoms with E-state index in [-0.39, 0.29) is 11.7 Å². The molecule has 0 aliphatic carbocycles. The van der Waals surface area contributed by atoms with E-state index in [2.05, 4.69) is 19.0 Å². The molecule has 5 heteroatoms. The zero-order valence-electron chi connectivity index (χ0n) is 15.4. The van der Waals surface area contributed by atoms with E-state index in [9.17, 15) is 9.18 Å². The van der Waals surface area contributed by atoms with Crippen LogP contribution < -0.4 is 0 Å². The topological polar surface area (TPSA) is 46.3 Å². The van der Waals surface area contributed by atoms with Crippen molar-refractivity contribution in [2.75, 3.05) is 6.54 Å². The number of carbonyl (C=O) groups excluding carboxylic acids is 1. The van der Waals surface area contributed by atoms with E-state index in [1.807, 2.05) is 24.3 Å². The van der Waals surface area contributed by atoms with Gasteiger partial charge in [0.05, 0.1) is 6.54 Å². The van der Waals surface area contributed by atoms with Crippen LogP contribution in [0.5, 0.6) is 0 Å². The highest BCUT2D eigenvalue weighted by Gasteiger charge is 2.28. The minimum absolute atomic E-state index is 0.0309. The number of rotatable bonds is 3. The quantitative estimate of drug-likeness (QED) is 0.670. The van der Waals surface area contributed by atoms with Gasteiger partial charge in [-0.2, -0.15) is 0 Å². The van der Waals surface area contributed by atoms with Crippen molar-refractivity contribution in [1.82, 2.24) is 10.1 Å². The Kier molecular flexibility index (Phi) is 4.52. The van der Waals surface area contributed by atoms with Gasteiger partial charge in [0.2, 0.25) is 0 Å². The van der Waals surface area contributed by atoms with E-state index in [1.54, 1.807) is 23.1 Å². The second kappa shape index (κ2) is 6.99. The van der Waals surface area contributed by atoms with Crippen LogP contribution in [0.15, 0.2) is 53.1 Å². The first-order chi connectivity index (χ1) is 13.0. The first-order valence-electron chi connectivity index (χ1n) is 9.16. The van der Waals surface area contributed by atoms with Crippen LogP contribution in [0.2, 0.25) is 0 Å². The Bertz CT molecular complexity index is 976. The molecule has 1 aliphatic heterocycles. The minimum Gasteiger partial charge on any atom is -0.360 e. The van der Waals surface area contributed by atoms with Crippen molar-refractivity contribution >= 4 is 5.91 Å². The molecule has 1 aliphatic rings. The SMILES string of the molecule is CC(C)c1ccc(C(=O)N2CCc3onc(-c4ccccc4F)c3C2)cc1. The Morgan fingerprint density at radius 3 is 2.59 bits per heavy atom. The number of aromatic nitrogens is 1. The molecule has 0 saturated carbocycles. The molecule has 0 fully saturated rings. The third-order valence-corrected chi connectivity index (χ3v) is 5.07. The maximum Gasteiger partial charge on any atom is 0.254 e. The Morgan fingerprint density at radius 1 is 1.15 bits per heavy atom. The van der Waals surface area contributed by atoms with Gasteiger partial charge in [0.25, 0.3) is 5.91 Å². The molecule has 0 bridgehead atoms. The summed E-state index contributed by atoms with van der Waals surface area (Å²) in [6.07, 6.45) is 0.576. The lowest BCUT2D eigenvalue weighted by molar-refractivity contribution is 0.0729. The number of hydrogen-bond acceptors (Lipinski definition) is 3. The summed E-state index contributed by atoms with van der Waals surface area (Å²) in [5, 5.41) is 4.07. The summed E-state index contributed by atoms with van der Waals surface area (Å²) in [6, 6.07) is 14.2. The fourth-order valence-electron chi connectivity index (χ4n) is 3.44. The molecule has 4 nitrogen and oxygen atoms in total. The molecule has 27 heavy (non-hydrogen) atoms. The zero-order valence-corrected chi connectivity index (χ0v) is 15.4. The Balaban J connectivity index is 1.60. The number of nitrogens with zero attached hydrogens (tertiary/aromatic N) is 2. The molecule has 0 saturated heterocycles. The fourth-order valence-corrected chi connectivity index (χ4v) is 3.44. The highest BCUT2D eigenvalue weighted by atomic mass is 19.1. The van der Waals surface area contributed by atoms with Gasteiger partial charge in [-0.05, 0) is 35.7 Å². The van der Waals surface area contributed by atoms with Gasteiger partial charge in [-0.3, -0.25) is 4.79 Å². The largest absolute Gasteiger partial charge is 0.360 e. The van der Waals surface area contributed by atoms with Crippen LogP contribution in [0.1, 0.15) is 47.0 Å². The molecule has 0 unspecified atom stereocenters. The molecule has 1 amide bonds. The fraction of sp³-hybridized carbons (Fsp3) is 0.273. The summed E-state index contributed by atoms with van der Waals surface area (Å²) < 4.78 is 19.6. The number of halogens is 1. The van der Waals surface area contributed by atoms with Gasteiger partial charge in [0, 0.05) is 29.7 Å². The van der Waals surface area contributed by atoms with Crippen molar-refractivity contribution < 1.29 is 13.7 Å². The van der Waals surface area contributed by atoms with Crippen LogP contribution in [0.4, 0.5) is 4.39 Å². The van der Waals surface area contributed by atoms with E-state index in [0.29, 0.717) is 42.2 Å². The highest BCUT2D eigenvalue weighted by molar-refractivity contribution is 5.94. The van der Waals surface area contributed by atoms with Gasteiger partial charge >= 0.3 is 0 Å². The van der Waals surface area contributed by atoms with E-state index in [0.717, 1.165) is 11.3 Å². The molecule has 1 aromatic heterocycles. The van der Waals surface area contributed by atoms with Gasteiger partial charge in [-0.25, -0.2) is 4.39 Å². The molecule has 0 spiro atoms. The van der Waals surface area contributed by atoms with Crippen LogP contribution in [-0.4, -0.2) is 22.5 Å². The van der Waals surface area contributed by atoms with Crippen molar-refractivity contribution in [2.45, 2.75) is 32.7 Å². The summed E-state index contributed by atoms with van der Waals surface area (Å²) in [7, 11) is 0. The standard InChI is InChI=1S/C22H21FN2O2/c1-14(2)15-7-9-16(10-8-15)22(26)25-12-11-20-18(13-25)21(24-27-20)17-5-3-4-6-19(17)23/h3-10,14H,11-13H2,1-2H3. The predicted octanol–water partition coefficient (Wildman–Crippen LogP) is 4.80. The second-order valence-corrected chi connectivity index (χ2v) is 7.17. The van der Waals surface area contributed by atoms with E-state index in [4.69, 9.17) is 4.52 Å². The minimum atomic E-state index is -0.346.